The molecule has 0 amide bonds. The second kappa shape index (κ2) is 7.68. The van der Waals surface area contributed by atoms with Crippen LogP contribution in [0.4, 0.5) is 5.69 Å². The fourth-order valence-electron chi connectivity index (χ4n) is 2.59. The summed E-state index contributed by atoms with van der Waals surface area (Å²) in [5.74, 6) is 1.97. The predicted molar refractivity (Wildman–Crippen MR) is 94.9 cm³/mol. The Hall–Kier alpha value is -2.49. The van der Waals surface area contributed by atoms with Gasteiger partial charge >= 0.3 is 0 Å². The number of amidine groups is 1. The third kappa shape index (κ3) is 4.03. The Balaban J connectivity index is 1.68. The van der Waals surface area contributed by atoms with Gasteiger partial charge in [-0.2, -0.15) is 5.10 Å². The molecule has 4 heteroatoms. The van der Waals surface area contributed by atoms with Crippen LogP contribution in [0.5, 0.6) is 5.75 Å². The zero-order valence-electron chi connectivity index (χ0n) is 13.5. The lowest BCUT2D eigenvalue weighted by atomic mass is 10.1. The first-order chi connectivity index (χ1) is 11.4. The highest BCUT2D eigenvalue weighted by molar-refractivity contribution is 6.00. The van der Waals surface area contributed by atoms with Crippen molar-refractivity contribution in [1.82, 2.24) is 5.43 Å². The highest BCUT2D eigenvalue weighted by atomic mass is 16.5. The van der Waals surface area contributed by atoms with E-state index in [4.69, 9.17) is 4.74 Å². The van der Waals surface area contributed by atoms with Gasteiger partial charge in [0.1, 0.15) is 18.3 Å². The first-order valence-corrected chi connectivity index (χ1v) is 8.20. The molecule has 3 rings (SSSR count). The van der Waals surface area contributed by atoms with Crippen LogP contribution in [0, 0.1) is 0 Å². The molecule has 0 spiro atoms. The zero-order valence-corrected chi connectivity index (χ0v) is 13.5. The molecular weight excluding hydrogens is 286 g/mol. The number of hydrogen-bond acceptors (Lipinski definition) is 4. The van der Waals surface area contributed by atoms with Gasteiger partial charge in [-0.25, -0.2) is 0 Å². The SMILES string of the molecule is CCCCOc1cccc(CC2=NNCN2c2ccccc2)c1. The van der Waals surface area contributed by atoms with E-state index in [1.54, 1.807) is 0 Å². The highest BCUT2D eigenvalue weighted by Gasteiger charge is 2.18. The van der Waals surface area contributed by atoms with E-state index in [0.717, 1.165) is 43.1 Å². The molecule has 120 valence electrons. The average molecular weight is 309 g/mol. The van der Waals surface area contributed by atoms with Crippen molar-refractivity contribution in [2.45, 2.75) is 26.2 Å². The quantitative estimate of drug-likeness (QED) is 0.791. The molecule has 0 atom stereocenters. The lowest BCUT2D eigenvalue weighted by molar-refractivity contribution is 0.309. The lowest BCUT2D eigenvalue weighted by Gasteiger charge is -2.19. The minimum absolute atomic E-state index is 0.714. The Morgan fingerprint density at radius 1 is 1.13 bits per heavy atom. The van der Waals surface area contributed by atoms with E-state index >= 15 is 0 Å². The Morgan fingerprint density at radius 2 is 2.00 bits per heavy atom. The summed E-state index contributed by atoms with van der Waals surface area (Å²) in [5.41, 5.74) is 5.45. The summed E-state index contributed by atoms with van der Waals surface area (Å²) in [4.78, 5) is 2.20. The van der Waals surface area contributed by atoms with Crippen molar-refractivity contribution in [3.8, 4) is 5.75 Å². The molecule has 1 heterocycles. The third-order valence-corrected chi connectivity index (χ3v) is 3.84. The van der Waals surface area contributed by atoms with Gasteiger partial charge in [0, 0.05) is 12.1 Å². The molecule has 0 aliphatic carbocycles. The van der Waals surface area contributed by atoms with E-state index in [1.165, 1.54) is 5.56 Å². The van der Waals surface area contributed by atoms with E-state index in [1.807, 2.05) is 30.3 Å². The normalized spacial score (nSPS) is 13.6. The molecular formula is C19H23N3O. The van der Waals surface area contributed by atoms with Crippen LogP contribution in [-0.4, -0.2) is 19.1 Å². The van der Waals surface area contributed by atoms with Crippen LogP contribution < -0.4 is 15.1 Å². The smallest absolute Gasteiger partial charge is 0.135 e. The summed E-state index contributed by atoms with van der Waals surface area (Å²) in [5, 5.41) is 4.45. The van der Waals surface area contributed by atoms with Gasteiger partial charge in [-0.15, -0.1) is 0 Å². The van der Waals surface area contributed by atoms with Crippen molar-refractivity contribution in [1.29, 1.82) is 0 Å². The van der Waals surface area contributed by atoms with Crippen LogP contribution in [0.3, 0.4) is 0 Å². The molecule has 1 aliphatic heterocycles. The van der Waals surface area contributed by atoms with E-state index in [0.29, 0.717) is 6.67 Å². The largest absolute Gasteiger partial charge is 0.494 e. The summed E-state index contributed by atoms with van der Waals surface area (Å²) < 4.78 is 5.79. The van der Waals surface area contributed by atoms with Crippen molar-refractivity contribution in [2.75, 3.05) is 18.2 Å². The second-order valence-electron chi connectivity index (χ2n) is 5.63. The number of hydrogen-bond donors (Lipinski definition) is 1. The van der Waals surface area contributed by atoms with E-state index in [2.05, 4.69) is 46.6 Å². The molecule has 2 aromatic carbocycles. The molecule has 0 unspecified atom stereocenters. The van der Waals surface area contributed by atoms with Gasteiger partial charge in [-0.3, -0.25) is 5.43 Å². The van der Waals surface area contributed by atoms with Gasteiger partial charge in [-0.1, -0.05) is 43.7 Å². The molecule has 4 nitrogen and oxygen atoms in total. The standard InChI is InChI=1S/C19H23N3O/c1-2-3-12-23-18-11-7-8-16(13-18)14-19-21-20-15-22(19)17-9-5-4-6-10-17/h4-11,13,20H,2-3,12,14-15H2,1H3. The van der Waals surface area contributed by atoms with Crippen molar-refractivity contribution in [3.63, 3.8) is 0 Å². The molecule has 0 saturated heterocycles. The number of nitrogens with one attached hydrogen (secondary N) is 1. The topological polar surface area (TPSA) is 36.9 Å². The van der Waals surface area contributed by atoms with Crippen LogP contribution in [-0.2, 0) is 6.42 Å². The Kier molecular flexibility index (Phi) is 5.14. The molecule has 0 bridgehead atoms. The van der Waals surface area contributed by atoms with Gasteiger partial charge in [0.2, 0.25) is 0 Å². The van der Waals surface area contributed by atoms with Gasteiger partial charge in [0.15, 0.2) is 0 Å². The van der Waals surface area contributed by atoms with Crippen molar-refractivity contribution < 1.29 is 4.74 Å². The summed E-state index contributed by atoms with van der Waals surface area (Å²) in [7, 11) is 0. The molecule has 23 heavy (non-hydrogen) atoms. The summed E-state index contributed by atoms with van der Waals surface area (Å²) in [6.45, 7) is 3.66. The second-order valence-corrected chi connectivity index (χ2v) is 5.63. The Labute approximate surface area is 137 Å². The molecule has 0 fully saturated rings. The maximum Gasteiger partial charge on any atom is 0.135 e. The first kappa shape index (κ1) is 15.4. The number of hydrazone groups is 1. The molecule has 1 N–H and O–H groups in total. The van der Waals surface area contributed by atoms with E-state index in [-0.39, 0.29) is 0 Å². The molecule has 0 saturated carbocycles. The molecule has 0 radical (unpaired) electrons. The number of benzene rings is 2. The van der Waals surface area contributed by atoms with Crippen LogP contribution in [0.15, 0.2) is 59.7 Å². The number of unbranched alkanes of at least 4 members (excludes halogenated alkanes) is 1. The summed E-state index contributed by atoms with van der Waals surface area (Å²) in [6, 6.07) is 18.6. The van der Waals surface area contributed by atoms with Crippen LogP contribution >= 0.6 is 0 Å². The van der Waals surface area contributed by atoms with Crippen LogP contribution in [0.2, 0.25) is 0 Å². The van der Waals surface area contributed by atoms with Crippen LogP contribution in [0.1, 0.15) is 25.3 Å². The van der Waals surface area contributed by atoms with Crippen molar-refractivity contribution in [2.24, 2.45) is 5.10 Å². The van der Waals surface area contributed by atoms with Gasteiger partial charge < -0.3 is 9.64 Å². The Bertz CT molecular complexity index is 655. The summed E-state index contributed by atoms with van der Waals surface area (Å²) in [6.07, 6.45) is 3.02. The minimum atomic E-state index is 0.714. The molecule has 2 aromatic rings. The number of para-hydroxylation sites is 1. The number of rotatable bonds is 7. The first-order valence-electron chi connectivity index (χ1n) is 8.20. The fraction of sp³-hybridized carbons (Fsp3) is 0.316. The van der Waals surface area contributed by atoms with Crippen molar-refractivity contribution >= 4 is 11.5 Å². The van der Waals surface area contributed by atoms with Crippen LogP contribution in [0.25, 0.3) is 0 Å². The summed E-state index contributed by atoms with van der Waals surface area (Å²) >= 11 is 0. The Morgan fingerprint density at radius 3 is 2.83 bits per heavy atom. The monoisotopic (exact) mass is 309 g/mol. The molecule has 0 aromatic heterocycles. The third-order valence-electron chi connectivity index (χ3n) is 3.84. The number of anilines is 1. The van der Waals surface area contributed by atoms with Crippen molar-refractivity contribution in [3.05, 3.63) is 60.2 Å². The van der Waals surface area contributed by atoms with Gasteiger partial charge in [-0.05, 0) is 36.2 Å². The lowest BCUT2D eigenvalue weighted by Crippen LogP contribution is -2.30. The average Bonchev–Trinajstić information content (AvgIpc) is 3.04. The number of nitrogens with zero attached hydrogens (tertiary/aromatic N) is 2. The van der Waals surface area contributed by atoms with E-state index in [9.17, 15) is 0 Å². The van der Waals surface area contributed by atoms with E-state index < -0.39 is 0 Å². The van der Waals surface area contributed by atoms with Gasteiger partial charge in [0.25, 0.3) is 0 Å². The maximum atomic E-state index is 5.79. The maximum absolute atomic E-state index is 5.79. The predicted octanol–water partition coefficient (Wildman–Crippen LogP) is 3.79. The number of ether oxygens (including phenoxy) is 1. The minimum Gasteiger partial charge on any atom is -0.494 e. The fourth-order valence-corrected chi connectivity index (χ4v) is 2.59. The highest BCUT2D eigenvalue weighted by Crippen LogP contribution is 2.20. The van der Waals surface area contributed by atoms with Gasteiger partial charge in [0.05, 0.1) is 6.61 Å². The zero-order chi connectivity index (χ0) is 15.9. The molecule has 1 aliphatic rings.